The number of likely N-dealkylation sites (tertiary alicyclic amines) is 1. The van der Waals surface area contributed by atoms with Crippen LogP contribution in [0.3, 0.4) is 0 Å². The predicted octanol–water partition coefficient (Wildman–Crippen LogP) is 0.708. The maximum absolute atomic E-state index is 11.4. The van der Waals surface area contributed by atoms with Gasteiger partial charge < -0.3 is 15.4 Å². The molecule has 0 radical (unpaired) electrons. The van der Waals surface area contributed by atoms with E-state index >= 15 is 0 Å². The number of hydrogen-bond acceptors (Lipinski definition) is 3. The van der Waals surface area contributed by atoms with Crippen molar-refractivity contribution in [1.82, 2.24) is 4.90 Å². The zero-order valence-corrected chi connectivity index (χ0v) is 7.74. The lowest BCUT2D eigenvalue weighted by Crippen LogP contribution is -2.36. The Morgan fingerprint density at radius 3 is 2.62 bits per heavy atom. The maximum Gasteiger partial charge on any atom is 0.410 e. The standard InChI is InChI=1S/C9H16N2O2/c10-7-4-5-11(6-7)9(12)13-8-2-1-3-8/h7-8H,1-6,10H2/t7-/m1/s1. The highest BCUT2D eigenvalue weighted by molar-refractivity contribution is 5.68. The van der Waals surface area contributed by atoms with Crippen LogP contribution in [0.4, 0.5) is 4.79 Å². The summed E-state index contributed by atoms with van der Waals surface area (Å²) in [5.41, 5.74) is 5.69. The maximum atomic E-state index is 11.4. The smallest absolute Gasteiger partial charge is 0.410 e. The fourth-order valence-corrected chi connectivity index (χ4v) is 1.66. The van der Waals surface area contributed by atoms with Crippen LogP contribution in [0.25, 0.3) is 0 Å². The zero-order valence-electron chi connectivity index (χ0n) is 7.74. The van der Waals surface area contributed by atoms with Crippen molar-refractivity contribution >= 4 is 6.09 Å². The molecule has 2 aliphatic rings. The van der Waals surface area contributed by atoms with E-state index in [0.29, 0.717) is 6.54 Å². The van der Waals surface area contributed by atoms with Gasteiger partial charge in [0.2, 0.25) is 0 Å². The van der Waals surface area contributed by atoms with E-state index in [0.717, 1.165) is 25.8 Å². The van der Waals surface area contributed by atoms with E-state index in [1.807, 2.05) is 0 Å². The molecular weight excluding hydrogens is 168 g/mol. The van der Waals surface area contributed by atoms with Crippen LogP contribution >= 0.6 is 0 Å². The van der Waals surface area contributed by atoms with Crippen molar-refractivity contribution in [3.8, 4) is 0 Å². The molecule has 2 N–H and O–H groups in total. The Hall–Kier alpha value is -0.770. The third kappa shape index (κ3) is 1.94. The lowest BCUT2D eigenvalue weighted by molar-refractivity contribution is 0.0309. The molecule has 1 aliphatic carbocycles. The van der Waals surface area contributed by atoms with Gasteiger partial charge in [0.05, 0.1) is 0 Å². The molecule has 0 bridgehead atoms. The van der Waals surface area contributed by atoms with Crippen LogP contribution in [-0.2, 0) is 4.74 Å². The number of amides is 1. The molecule has 13 heavy (non-hydrogen) atoms. The van der Waals surface area contributed by atoms with Crippen molar-refractivity contribution in [2.24, 2.45) is 5.73 Å². The average Bonchev–Trinajstić information content (AvgIpc) is 2.44. The van der Waals surface area contributed by atoms with E-state index in [2.05, 4.69) is 0 Å². The van der Waals surface area contributed by atoms with Crippen molar-refractivity contribution in [2.75, 3.05) is 13.1 Å². The third-order valence-corrected chi connectivity index (χ3v) is 2.80. The first-order valence-corrected chi connectivity index (χ1v) is 4.97. The summed E-state index contributed by atoms with van der Waals surface area (Å²) in [5.74, 6) is 0. The first-order valence-electron chi connectivity index (χ1n) is 4.97. The molecule has 0 aromatic carbocycles. The average molecular weight is 184 g/mol. The number of carbonyl (C=O) groups excluding carboxylic acids is 1. The molecule has 0 aromatic rings. The van der Waals surface area contributed by atoms with E-state index < -0.39 is 0 Å². The van der Waals surface area contributed by atoms with Crippen molar-refractivity contribution in [3.05, 3.63) is 0 Å². The minimum absolute atomic E-state index is 0.147. The van der Waals surface area contributed by atoms with Crippen LogP contribution in [0.2, 0.25) is 0 Å². The summed E-state index contributed by atoms with van der Waals surface area (Å²) in [4.78, 5) is 13.2. The molecule has 74 valence electrons. The minimum atomic E-state index is -0.169. The molecule has 4 nitrogen and oxygen atoms in total. The summed E-state index contributed by atoms with van der Waals surface area (Å²) in [7, 11) is 0. The Balaban J connectivity index is 1.76. The highest BCUT2D eigenvalue weighted by atomic mass is 16.6. The Labute approximate surface area is 78.0 Å². The highest BCUT2D eigenvalue weighted by Gasteiger charge is 2.28. The third-order valence-electron chi connectivity index (χ3n) is 2.80. The molecule has 1 heterocycles. The molecule has 0 spiro atoms. The van der Waals surface area contributed by atoms with Crippen LogP contribution in [0.5, 0.6) is 0 Å². The summed E-state index contributed by atoms with van der Waals surface area (Å²) in [6.45, 7) is 1.41. The molecule has 2 fully saturated rings. The van der Waals surface area contributed by atoms with Crippen LogP contribution in [0.1, 0.15) is 25.7 Å². The first-order chi connectivity index (χ1) is 6.25. The van der Waals surface area contributed by atoms with Gasteiger partial charge in [-0.1, -0.05) is 0 Å². The van der Waals surface area contributed by atoms with Gasteiger partial charge in [-0.2, -0.15) is 0 Å². The van der Waals surface area contributed by atoms with E-state index in [1.54, 1.807) is 4.90 Å². The number of ether oxygens (including phenoxy) is 1. The second-order valence-corrected chi connectivity index (χ2v) is 3.93. The minimum Gasteiger partial charge on any atom is -0.446 e. The molecule has 4 heteroatoms. The fraction of sp³-hybridized carbons (Fsp3) is 0.889. The highest BCUT2D eigenvalue weighted by Crippen LogP contribution is 2.23. The topological polar surface area (TPSA) is 55.6 Å². The van der Waals surface area contributed by atoms with Crippen molar-refractivity contribution in [2.45, 2.75) is 37.8 Å². The lowest BCUT2D eigenvalue weighted by atomic mass is 9.96. The second kappa shape index (κ2) is 3.54. The normalized spacial score (nSPS) is 28.7. The summed E-state index contributed by atoms with van der Waals surface area (Å²) >= 11 is 0. The molecule has 0 aromatic heterocycles. The van der Waals surface area contributed by atoms with Crippen molar-refractivity contribution in [1.29, 1.82) is 0 Å². The van der Waals surface area contributed by atoms with E-state index in [4.69, 9.17) is 10.5 Å². The van der Waals surface area contributed by atoms with Gasteiger partial charge in [-0.15, -0.1) is 0 Å². The lowest BCUT2D eigenvalue weighted by Gasteiger charge is -2.27. The molecule has 1 saturated heterocycles. The Morgan fingerprint density at radius 2 is 2.15 bits per heavy atom. The summed E-state index contributed by atoms with van der Waals surface area (Å²) in [6, 6.07) is 0.147. The largest absolute Gasteiger partial charge is 0.446 e. The van der Waals surface area contributed by atoms with Gasteiger partial charge in [-0.05, 0) is 25.7 Å². The van der Waals surface area contributed by atoms with E-state index in [1.165, 1.54) is 6.42 Å². The van der Waals surface area contributed by atoms with Crippen LogP contribution in [-0.4, -0.2) is 36.2 Å². The molecule has 2 rings (SSSR count). The number of hydrogen-bond donors (Lipinski definition) is 1. The Morgan fingerprint density at radius 1 is 1.38 bits per heavy atom. The van der Waals surface area contributed by atoms with Gasteiger partial charge in [0, 0.05) is 19.1 Å². The monoisotopic (exact) mass is 184 g/mol. The molecule has 1 saturated carbocycles. The molecule has 0 unspecified atom stereocenters. The SMILES string of the molecule is N[C@@H]1CCN(C(=O)OC2CCC2)C1. The zero-order chi connectivity index (χ0) is 9.26. The van der Waals surface area contributed by atoms with Gasteiger partial charge in [0.25, 0.3) is 0 Å². The Bertz CT molecular complexity index is 204. The van der Waals surface area contributed by atoms with Gasteiger partial charge in [-0.25, -0.2) is 4.79 Å². The van der Waals surface area contributed by atoms with Crippen LogP contribution in [0.15, 0.2) is 0 Å². The quantitative estimate of drug-likeness (QED) is 0.653. The number of carbonyl (C=O) groups is 1. The molecule has 1 amide bonds. The van der Waals surface area contributed by atoms with Crippen LogP contribution in [0, 0.1) is 0 Å². The molecule has 1 aliphatic heterocycles. The fourth-order valence-electron chi connectivity index (χ4n) is 1.66. The van der Waals surface area contributed by atoms with Gasteiger partial charge in [0.1, 0.15) is 6.10 Å². The summed E-state index contributed by atoms with van der Waals surface area (Å²) in [5, 5.41) is 0. The van der Waals surface area contributed by atoms with Gasteiger partial charge in [-0.3, -0.25) is 0 Å². The number of nitrogens with zero attached hydrogens (tertiary/aromatic N) is 1. The van der Waals surface area contributed by atoms with Crippen molar-refractivity contribution < 1.29 is 9.53 Å². The van der Waals surface area contributed by atoms with Gasteiger partial charge >= 0.3 is 6.09 Å². The van der Waals surface area contributed by atoms with Gasteiger partial charge in [0.15, 0.2) is 0 Å². The summed E-state index contributed by atoms with van der Waals surface area (Å²) < 4.78 is 5.25. The van der Waals surface area contributed by atoms with Crippen molar-refractivity contribution in [3.63, 3.8) is 0 Å². The molecule has 1 atom stereocenters. The van der Waals surface area contributed by atoms with E-state index in [9.17, 15) is 4.79 Å². The number of nitrogens with two attached hydrogens (primary N) is 1. The second-order valence-electron chi connectivity index (χ2n) is 3.93. The van der Waals surface area contributed by atoms with E-state index in [-0.39, 0.29) is 18.2 Å². The van der Waals surface area contributed by atoms with Crippen LogP contribution < -0.4 is 5.73 Å². The summed E-state index contributed by atoms with van der Waals surface area (Å²) in [6.07, 6.45) is 4.18. The molecular formula is C9H16N2O2. The first kappa shape index (κ1) is 8.81. The predicted molar refractivity (Wildman–Crippen MR) is 48.3 cm³/mol. The Kier molecular flexibility index (Phi) is 2.40. The number of rotatable bonds is 1.